The van der Waals surface area contributed by atoms with Gasteiger partial charge in [0.1, 0.15) is 0 Å². The van der Waals surface area contributed by atoms with Crippen molar-refractivity contribution < 1.29 is 8.42 Å². The average Bonchev–Trinajstić information content (AvgIpc) is 2.86. The summed E-state index contributed by atoms with van der Waals surface area (Å²) in [5.74, 6) is 0. The van der Waals surface area contributed by atoms with Gasteiger partial charge in [-0.05, 0) is 36.2 Å². The van der Waals surface area contributed by atoms with E-state index in [1.165, 1.54) is 22.5 Å². The van der Waals surface area contributed by atoms with Crippen LogP contribution in [0.15, 0.2) is 47.4 Å². The average molecular weight is 309 g/mol. The number of halogens is 1. The minimum absolute atomic E-state index is 0.163. The first-order chi connectivity index (χ1) is 9.50. The topological polar surface area (TPSA) is 63.4 Å². The molecule has 0 aromatic heterocycles. The van der Waals surface area contributed by atoms with Gasteiger partial charge in [0, 0.05) is 6.54 Å². The van der Waals surface area contributed by atoms with Gasteiger partial charge in [0.05, 0.1) is 21.3 Å². The predicted octanol–water partition coefficient (Wildman–Crippen LogP) is 2.67. The number of hydrogen-bond donors (Lipinski definition) is 1. The normalized spacial score (nSPS) is 14.3. The number of fused-ring (bicyclic) bond motifs is 1. The Kier molecular flexibility index (Phi) is 3.11. The molecule has 2 aromatic rings. The summed E-state index contributed by atoms with van der Waals surface area (Å²) < 4.78 is 26.8. The predicted molar refractivity (Wildman–Crippen MR) is 80.5 cm³/mol. The van der Waals surface area contributed by atoms with E-state index in [2.05, 4.69) is 0 Å². The Morgan fingerprint density at radius 3 is 2.65 bits per heavy atom. The number of sulfonamides is 1. The highest BCUT2D eigenvalue weighted by Gasteiger charge is 2.30. The summed E-state index contributed by atoms with van der Waals surface area (Å²) in [5.41, 5.74) is 7.74. The summed E-state index contributed by atoms with van der Waals surface area (Å²) in [6.07, 6.45) is 0.721. The zero-order chi connectivity index (χ0) is 14.3. The van der Waals surface area contributed by atoms with Crippen LogP contribution in [-0.2, 0) is 16.4 Å². The lowest BCUT2D eigenvalue weighted by Gasteiger charge is -2.19. The fourth-order valence-electron chi connectivity index (χ4n) is 2.37. The monoisotopic (exact) mass is 308 g/mol. The lowest BCUT2D eigenvalue weighted by atomic mass is 10.2. The largest absolute Gasteiger partial charge is 0.397 e. The van der Waals surface area contributed by atoms with Gasteiger partial charge in [0.25, 0.3) is 10.0 Å². The van der Waals surface area contributed by atoms with Crippen LogP contribution in [0.5, 0.6) is 0 Å². The van der Waals surface area contributed by atoms with Gasteiger partial charge in [-0.1, -0.05) is 29.8 Å². The molecule has 0 amide bonds. The van der Waals surface area contributed by atoms with Gasteiger partial charge in [-0.3, -0.25) is 4.31 Å². The Bertz CT molecular complexity index is 774. The second-order valence-corrected chi connectivity index (χ2v) is 6.91. The fourth-order valence-corrected chi connectivity index (χ4v) is 4.02. The Morgan fingerprint density at radius 1 is 1.15 bits per heavy atom. The van der Waals surface area contributed by atoms with Gasteiger partial charge in [0.15, 0.2) is 0 Å². The third-order valence-electron chi connectivity index (χ3n) is 3.40. The second kappa shape index (κ2) is 4.68. The first-order valence-electron chi connectivity index (χ1n) is 6.16. The van der Waals surface area contributed by atoms with Crippen LogP contribution in [0.3, 0.4) is 0 Å². The molecule has 1 aliphatic rings. The van der Waals surface area contributed by atoms with Crippen molar-refractivity contribution in [3.63, 3.8) is 0 Å². The van der Waals surface area contributed by atoms with Crippen LogP contribution in [0.1, 0.15) is 5.56 Å². The number of anilines is 2. The van der Waals surface area contributed by atoms with Crippen molar-refractivity contribution in [3.05, 3.63) is 53.1 Å². The molecule has 20 heavy (non-hydrogen) atoms. The zero-order valence-electron chi connectivity index (χ0n) is 10.6. The van der Waals surface area contributed by atoms with Crippen molar-refractivity contribution in [2.45, 2.75) is 11.3 Å². The maximum atomic E-state index is 12.7. The molecule has 2 aromatic carbocycles. The quantitative estimate of drug-likeness (QED) is 0.868. The number of nitrogens with two attached hydrogens (primary N) is 1. The summed E-state index contributed by atoms with van der Waals surface area (Å²) in [4.78, 5) is 0.163. The Hall–Kier alpha value is -1.72. The third kappa shape index (κ3) is 2.03. The molecule has 0 saturated carbocycles. The van der Waals surface area contributed by atoms with Crippen LogP contribution >= 0.6 is 11.6 Å². The SMILES string of the molecule is Nc1cc(S(=O)(=O)N2CCc3ccccc32)ccc1Cl. The molecule has 1 aliphatic heterocycles. The van der Waals surface area contributed by atoms with Crippen LogP contribution in [0, 0.1) is 0 Å². The maximum Gasteiger partial charge on any atom is 0.264 e. The number of hydrogen-bond acceptors (Lipinski definition) is 3. The van der Waals surface area contributed by atoms with Gasteiger partial charge in [-0.2, -0.15) is 0 Å². The van der Waals surface area contributed by atoms with Crippen molar-refractivity contribution in [2.24, 2.45) is 0 Å². The Balaban J connectivity index is 2.07. The zero-order valence-corrected chi connectivity index (χ0v) is 12.2. The first-order valence-corrected chi connectivity index (χ1v) is 7.97. The highest BCUT2D eigenvalue weighted by molar-refractivity contribution is 7.92. The molecule has 104 valence electrons. The molecular formula is C14H13ClN2O2S. The maximum absolute atomic E-state index is 12.7. The molecule has 6 heteroatoms. The van der Waals surface area contributed by atoms with Crippen LogP contribution in [-0.4, -0.2) is 15.0 Å². The van der Waals surface area contributed by atoms with Crippen molar-refractivity contribution in [1.82, 2.24) is 0 Å². The lowest BCUT2D eigenvalue weighted by Crippen LogP contribution is -2.29. The number of nitrogen functional groups attached to an aromatic ring is 1. The van der Waals surface area contributed by atoms with E-state index in [0.29, 0.717) is 11.6 Å². The molecular weight excluding hydrogens is 296 g/mol. The van der Waals surface area contributed by atoms with Crippen molar-refractivity contribution in [1.29, 1.82) is 0 Å². The summed E-state index contributed by atoms with van der Waals surface area (Å²) >= 11 is 5.84. The molecule has 1 heterocycles. The molecule has 0 radical (unpaired) electrons. The molecule has 3 rings (SSSR count). The first kappa shape index (κ1) is 13.3. The van der Waals surface area contributed by atoms with Crippen LogP contribution in [0.2, 0.25) is 5.02 Å². The molecule has 0 unspecified atom stereocenters. The number of rotatable bonds is 2. The van der Waals surface area contributed by atoms with Gasteiger partial charge in [-0.25, -0.2) is 8.42 Å². The summed E-state index contributed by atoms with van der Waals surface area (Å²) in [7, 11) is -3.60. The van der Waals surface area contributed by atoms with E-state index in [4.69, 9.17) is 17.3 Å². The molecule has 4 nitrogen and oxygen atoms in total. The van der Waals surface area contributed by atoms with Gasteiger partial charge >= 0.3 is 0 Å². The van der Waals surface area contributed by atoms with E-state index >= 15 is 0 Å². The van der Waals surface area contributed by atoms with Crippen molar-refractivity contribution in [3.8, 4) is 0 Å². The lowest BCUT2D eigenvalue weighted by molar-refractivity contribution is 0.592. The van der Waals surface area contributed by atoms with Crippen LogP contribution < -0.4 is 10.0 Å². The smallest absolute Gasteiger partial charge is 0.264 e. The Labute approximate surface area is 122 Å². The second-order valence-electron chi connectivity index (χ2n) is 4.64. The minimum atomic E-state index is -3.60. The van der Waals surface area contributed by atoms with E-state index < -0.39 is 10.0 Å². The highest BCUT2D eigenvalue weighted by atomic mass is 35.5. The third-order valence-corrected chi connectivity index (χ3v) is 5.55. The molecule has 0 fully saturated rings. The summed E-state index contributed by atoms with van der Waals surface area (Å²) in [5, 5.41) is 0.353. The number of nitrogens with zero attached hydrogens (tertiary/aromatic N) is 1. The molecule has 0 saturated heterocycles. The highest BCUT2D eigenvalue weighted by Crippen LogP contribution is 2.33. The molecule has 2 N–H and O–H groups in total. The van der Waals surface area contributed by atoms with E-state index in [1.54, 1.807) is 0 Å². The molecule has 0 spiro atoms. The molecule has 0 aliphatic carbocycles. The number of benzene rings is 2. The van der Waals surface area contributed by atoms with Gasteiger partial charge in [-0.15, -0.1) is 0 Å². The summed E-state index contributed by atoms with van der Waals surface area (Å²) in [6, 6.07) is 11.9. The van der Waals surface area contributed by atoms with Gasteiger partial charge < -0.3 is 5.73 Å². The van der Waals surface area contributed by atoms with Crippen molar-refractivity contribution >= 4 is 33.0 Å². The standard InChI is InChI=1S/C14H13ClN2O2S/c15-12-6-5-11(9-13(12)16)20(18,19)17-8-7-10-3-1-2-4-14(10)17/h1-6,9H,7-8,16H2. The Morgan fingerprint density at radius 2 is 1.90 bits per heavy atom. The van der Waals surface area contributed by atoms with E-state index in [1.807, 2.05) is 24.3 Å². The fraction of sp³-hybridized carbons (Fsp3) is 0.143. The van der Waals surface area contributed by atoms with E-state index in [9.17, 15) is 8.42 Å². The van der Waals surface area contributed by atoms with Crippen molar-refractivity contribution in [2.75, 3.05) is 16.6 Å². The van der Waals surface area contributed by atoms with Crippen LogP contribution in [0.4, 0.5) is 11.4 Å². The van der Waals surface area contributed by atoms with E-state index in [0.717, 1.165) is 17.7 Å². The minimum Gasteiger partial charge on any atom is -0.397 e. The van der Waals surface area contributed by atoms with E-state index in [-0.39, 0.29) is 10.6 Å². The van der Waals surface area contributed by atoms with Crippen LogP contribution in [0.25, 0.3) is 0 Å². The molecule has 0 bridgehead atoms. The van der Waals surface area contributed by atoms with Gasteiger partial charge in [0.2, 0.25) is 0 Å². The molecule has 0 atom stereocenters. The summed E-state index contributed by atoms with van der Waals surface area (Å²) in [6.45, 7) is 0.449. The number of para-hydroxylation sites is 1.